The second-order valence-corrected chi connectivity index (χ2v) is 4.01. The van der Waals surface area contributed by atoms with Crippen LogP contribution in [0.2, 0.25) is 0 Å². The summed E-state index contributed by atoms with van der Waals surface area (Å²) >= 11 is 0. The summed E-state index contributed by atoms with van der Waals surface area (Å²) < 4.78 is 0. The van der Waals surface area contributed by atoms with E-state index >= 15 is 0 Å². The standard InChI is InChI=1S/C11H18/c1-4-11(3)8-5-6-10(2)7-9-11/h4-6,10H,1,7-9H2,2-3H3. The highest BCUT2D eigenvalue weighted by molar-refractivity contribution is 5.02. The average Bonchev–Trinajstić information content (AvgIpc) is 2.15. The van der Waals surface area contributed by atoms with Gasteiger partial charge in [0.05, 0.1) is 0 Å². The van der Waals surface area contributed by atoms with Gasteiger partial charge >= 0.3 is 0 Å². The molecule has 0 spiro atoms. The molecule has 62 valence electrons. The van der Waals surface area contributed by atoms with Gasteiger partial charge in [-0.25, -0.2) is 0 Å². The third-order valence-corrected chi connectivity index (χ3v) is 2.71. The van der Waals surface area contributed by atoms with Crippen molar-refractivity contribution in [3.05, 3.63) is 24.8 Å². The minimum Gasteiger partial charge on any atom is -0.103 e. The molecule has 1 aliphatic rings. The van der Waals surface area contributed by atoms with Crippen LogP contribution in [0, 0.1) is 11.3 Å². The fourth-order valence-corrected chi connectivity index (χ4v) is 1.51. The Labute approximate surface area is 70.0 Å². The summed E-state index contributed by atoms with van der Waals surface area (Å²) in [6.07, 6.45) is 10.5. The van der Waals surface area contributed by atoms with Crippen LogP contribution in [-0.4, -0.2) is 0 Å². The fraction of sp³-hybridized carbons (Fsp3) is 0.636. The van der Waals surface area contributed by atoms with Gasteiger partial charge in [-0.05, 0) is 30.6 Å². The lowest BCUT2D eigenvalue weighted by molar-refractivity contribution is 0.377. The summed E-state index contributed by atoms with van der Waals surface area (Å²) in [5.41, 5.74) is 0.362. The van der Waals surface area contributed by atoms with Crippen LogP contribution in [0.5, 0.6) is 0 Å². The van der Waals surface area contributed by atoms with Crippen molar-refractivity contribution in [3.63, 3.8) is 0 Å². The maximum Gasteiger partial charge on any atom is -0.0115 e. The number of hydrogen-bond donors (Lipinski definition) is 0. The van der Waals surface area contributed by atoms with Gasteiger partial charge in [0.2, 0.25) is 0 Å². The summed E-state index contributed by atoms with van der Waals surface area (Å²) in [5, 5.41) is 0. The fourth-order valence-electron chi connectivity index (χ4n) is 1.51. The molecule has 0 heteroatoms. The van der Waals surface area contributed by atoms with Crippen molar-refractivity contribution in [1.29, 1.82) is 0 Å². The Bertz CT molecular complexity index is 167. The summed E-state index contributed by atoms with van der Waals surface area (Å²) in [4.78, 5) is 0. The van der Waals surface area contributed by atoms with Gasteiger partial charge in [-0.2, -0.15) is 0 Å². The lowest BCUT2D eigenvalue weighted by Crippen LogP contribution is -2.10. The van der Waals surface area contributed by atoms with Crippen LogP contribution in [0.15, 0.2) is 24.8 Å². The Balaban J connectivity index is 2.62. The highest BCUT2D eigenvalue weighted by Crippen LogP contribution is 2.33. The van der Waals surface area contributed by atoms with E-state index in [1.807, 2.05) is 0 Å². The molecule has 0 aromatic heterocycles. The molecular weight excluding hydrogens is 132 g/mol. The minimum absolute atomic E-state index is 0.362. The van der Waals surface area contributed by atoms with Crippen molar-refractivity contribution in [1.82, 2.24) is 0 Å². The Morgan fingerprint density at radius 1 is 1.64 bits per heavy atom. The first-order valence-corrected chi connectivity index (χ1v) is 4.46. The first-order chi connectivity index (χ1) is 5.16. The highest BCUT2D eigenvalue weighted by atomic mass is 14.3. The molecule has 0 saturated carbocycles. The van der Waals surface area contributed by atoms with Gasteiger partial charge in [0.25, 0.3) is 0 Å². The predicted octanol–water partition coefficient (Wildman–Crippen LogP) is 3.55. The molecule has 0 aromatic carbocycles. The first kappa shape index (κ1) is 8.58. The molecule has 11 heavy (non-hydrogen) atoms. The summed E-state index contributed by atoms with van der Waals surface area (Å²) in [6.45, 7) is 8.47. The third-order valence-electron chi connectivity index (χ3n) is 2.71. The molecular formula is C11H18. The monoisotopic (exact) mass is 150 g/mol. The van der Waals surface area contributed by atoms with Crippen molar-refractivity contribution < 1.29 is 0 Å². The maximum atomic E-state index is 3.89. The van der Waals surface area contributed by atoms with Crippen LogP contribution >= 0.6 is 0 Å². The molecule has 0 bridgehead atoms. The summed E-state index contributed by atoms with van der Waals surface area (Å²) in [6, 6.07) is 0. The normalized spacial score (nSPS) is 38.2. The van der Waals surface area contributed by atoms with Gasteiger partial charge in [-0.3, -0.25) is 0 Å². The predicted molar refractivity (Wildman–Crippen MR) is 50.5 cm³/mol. The molecule has 0 radical (unpaired) electrons. The van der Waals surface area contributed by atoms with E-state index < -0.39 is 0 Å². The van der Waals surface area contributed by atoms with Gasteiger partial charge in [0.1, 0.15) is 0 Å². The van der Waals surface area contributed by atoms with E-state index in [1.165, 1.54) is 19.3 Å². The lowest BCUT2D eigenvalue weighted by atomic mass is 9.83. The van der Waals surface area contributed by atoms with Crippen molar-refractivity contribution in [2.45, 2.75) is 33.1 Å². The molecule has 0 nitrogen and oxygen atoms in total. The minimum atomic E-state index is 0.362. The van der Waals surface area contributed by atoms with Gasteiger partial charge in [0, 0.05) is 0 Å². The van der Waals surface area contributed by atoms with Crippen molar-refractivity contribution >= 4 is 0 Å². The Morgan fingerprint density at radius 2 is 2.36 bits per heavy atom. The average molecular weight is 150 g/mol. The van der Waals surface area contributed by atoms with E-state index in [1.54, 1.807) is 0 Å². The quantitative estimate of drug-likeness (QED) is 0.501. The summed E-state index contributed by atoms with van der Waals surface area (Å²) in [5.74, 6) is 0.761. The van der Waals surface area contributed by atoms with E-state index in [-0.39, 0.29) is 0 Å². The van der Waals surface area contributed by atoms with Crippen molar-refractivity contribution in [3.8, 4) is 0 Å². The van der Waals surface area contributed by atoms with E-state index in [0.29, 0.717) is 5.41 Å². The second kappa shape index (κ2) is 3.25. The molecule has 0 aromatic rings. The second-order valence-electron chi connectivity index (χ2n) is 4.01. The van der Waals surface area contributed by atoms with Gasteiger partial charge in [0.15, 0.2) is 0 Å². The van der Waals surface area contributed by atoms with Crippen molar-refractivity contribution in [2.24, 2.45) is 11.3 Å². The molecule has 0 aliphatic heterocycles. The molecule has 1 rings (SSSR count). The van der Waals surface area contributed by atoms with Crippen LogP contribution < -0.4 is 0 Å². The van der Waals surface area contributed by atoms with Crippen LogP contribution in [0.4, 0.5) is 0 Å². The van der Waals surface area contributed by atoms with Crippen LogP contribution in [-0.2, 0) is 0 Å². The van der Waals surface area contributed by atoms with E-state index in [9.17, 15) is 0 Å². The van der Waals surface area contributed by atoms with Gasteiger partial charge in [-0.15, -0.1) is 6.58 Å². The van der Waals surface area contributed by atoms with Crippen LogP contribution in [0.1, 0.15) is 33.1 Å². The molecule has 1 aliphatic carbocycles. The Morgan fingerprint density at radius 3 is 3.00 bits per heavy atom. The molecule has 0 heterocycles. The molecule has 2 atom stereocenters. The highest BCUT2D eigenvalue weighted by Gasteiger charge is 2.20. The molecule has 0 fully saturated rings. The number of rotatable bonds is 1. The van der Waals surface area contributed by atoms with Gasteiger partial charge in [-0.1, -0.05) is 32.1 Å². The Hall–Kier alpha value is -0.520. The largest absolute Gasteiger partial charge is 0.103 e. The molecule has 0 N–H and O–H groups in total. The number of allylic oxidation sites excluding steroid dienone is 3. The van der Waals surface area contributed by atoms with Crippen LogP contribution in [0.3, 0.4) is 0 Å². The topological polar surface area (TPSA) is 0 Å². The molecule has 0 amide bonds. The van der Waals surface area contributed by atoms with Crippen LogP contribution in [0.25, 0.3) is 0 Å². The van der Waals surface area contributed by atoms with E-state index in [2.05, 4.69) is 38.7 Å². The molecule has 2 unspecified atom stereocenters. The smallest absolute Gasteiger partial charge is 0.0115 e. The maximum absolute atomic E-state index is 3.89. The SMILES string of the molecule is C=CC1(C)CC=CC(C)CC1. The lowest BCUT2D eigenvalue weighted by Gasteiger charge is -2.22. The zero-order chi connectivity index (χ0) is 8.32. The van der Waals surface area contributed by atoms with Crippen molar-refractivity contribution in [2.75, 3.05) is 0 Å². The number of hydrogen-bond acceptors (Lipinski definition) is 0. The van der Waals surface area contributed by atoms with Gasteiger partial charge < -0.3 is 0 Å². The first-order valence-electron chi connectivity index (χ1n) is 4.46. The van der Waals surface area contributed by atoms with E-state index in [0.717, 1.165) is 5.92 Å². The summed E-state index contributed by atoms with van der Waals surface area (Å²) in [7, 11) is 0. The third kappa shape index (κ3) is 2.21. The van der Waals surface area contributed by atoms with E-state index in [4.69, 9.17) is 0 Å². The zero-order valence-corrected chi connectivity index (χ0v) is 7.64. The molecule has 0 saturated heterocycles. The zero-order valence-electron chi connectivity index (χ0n) is 7.64. The Kier molecular flexibility index (Phi) is 2.53.